The smallest absolute Gasteiger partial charge is 0.0282 e. The Labute approximate surface area is 102 Å². The fourth-order valence-corrected chi connectivity index (χ4v) is 2.33. The van der Waals surface area contributed by atoms with E-state index in [9.17, 15) is 0 Å². The summed E-state index contributed by atoms with van der Waals surface area (Å²) in [5, 5.41) is 3.66. The van der Waals surface area contributed by atoms with Gasteiger partial charge in [0.05, 0.1) is 0 Å². The minimum absolute atomic E-state index is 0.423. The van der Waals surface area contributed by atoms with Crippen LogP contribution in [-0.4, -0.2) is 12.6 Å². The first-order chi connectivity index (χ1) is 7.45. The molecule has 0 fully saturated rings. The molecule has 94 valence electrons. The Bertz CT molecular complexity index is 234. The lowest BCUT2D eigenvalue weighted by Crippen LogP contribution is -2.34. The van der Waals surface area contributed by atoms with Crippen molar-refractivity contribution in [1.82, 2.24) is 5.32 Å². The number of hydrogen-bond acceptors (Lipinski definition) is 1. The van der Waals surface area contributed by atoms with E-state index in [2.05, 4.69) is 46.0 Å². The Morgan fingerprint density at radius 2 is 2.06 bits per heavy atom. The summed E-state index contributed by atoms with van der Waals surface area (Å²) in [5.41, 5.74) is 2.09. The lowest BCUT2D eigenvalue weighted by molar-refractivity contribution is 0.230. The van der Waals surface area contributed by atoms with E-state index < -0.39 is 0 Å². The van der Waals surface area contributed by atoms with Gasteiger partial charge in [0, 0.05) is 6.04 Å². The molecule has 1 aliphatic rings. The molecule has 0 aliphatic heterocycles. The van der Waals surface area contributed by atoms with Crippen LogP contribution in [0.25, 0.3) is 0 Å². The summed E-state index contributed by atoms with van der Waals surface area (Å²) < 4.78 is 0. The Morgan fingerprint density at radius 1 is 1.38 bits per heavy atom. The first-order valence-corrected chi connectivity index (χ1v) is 6.87. The van der Waals surface area contributed by atoms with Crippen molar-refractivity contribution in [1.29, 1.82) is 0 Å². The quantitative estimate of drug-likeness (QED) is 0.691. The molecule has 2 unspecified atom stereocenters. The van der Waals surface area contributed by atoms with Crippen LogP contribution >= 0.6 is 0 Å². The van der Waals surface area contributed by atoms with Crippen molar-refractivity contribution in [2.45, 2.75) is 66.3 Å². The Kier molecular flexibility index (Phi) is 5.04. The molecule has 0 amide bonds. The molecule has 0 aromatic carbocycles. The molecule has 0 aromatic heterocycles. The monoisotopic (exact) mass is 223 g/mol. The molecule has 0 aromatic rings. The SMILES string of the molecule is CCNC(CC(C)C(C)(C)C)C1=CCCC1. The van der Waals surface area contributed by atoms with Crippen molar-refractivity contribution < 1.29 is 0 Å². The fraction of sp³-hybridized carbons (Fsp3) is 0.867. The Hall–Kier alpha value is -0.300. The van der Waals surface area contributed by atoms with Gasteiger partial charge in [-0.15, -0.1) is 0 Å². The van der Waals surface area contributed by atoms with Crippen molar-refractivity contribution in [3.8, 4) is 0 Å². The highest BCUT2D eigenvalue weighted by atomic mass is 14.9. The van der Waals surface area contributed by atoms with Crippen LogP contribution in [0.15, 0.2) is 11.6 Å². The van der Waals surface area contributed by atoms with Crippen LogP contribution in [0.4, 0.5) is 0 Å². The molecular formula is C15H29N. The van der Waals surface area contributed by atoms with Gasteiger partial charge in [-0.1, -0.05) is 46.3 Å². The zero-order chi connectivity index (χ0) is 12.2. The predicted molar refractivity (Wildman–Crippen MR) is 72.6 cm³/mol. The third-order valence-corrected chi connectivity index (χ3v) is 4.04. The Morgan fingerprint density at radius 3 is 2.50 bits per heavy atom. The number of nitrogens with one attached hydrogen (secondary N) is 1. The molecular weight excluding hydrogens is 194 g/mol. The van der Waals surface area contributed by atoms with Gasteiger partial charge in [0.2, 0.25) is 0 Å². The summed E-state index contributed by atoms with van der Waals surface area (Å²) in [5.74, 6) is 0.762. The van der Waals surface area contributed by atoms with Gasteiger partial charge in [0.1, 0.15) is 0 Å². The zero-order valence-corrected chi connectivity index (χ0v) is 11.8. The first-order valence-electron chi connectivity index (χ1n) is 6.87. The maximum atomic E-state index is 3.66. The summed E-state index contributed by atoms with van der Waals surface area (Å²) in [7, 11) is 0. The van der Waals surface area contributed by atoms with E-state index in [1.807, 2.05) is 0 Å². The minimum Gasteiger partial charge on any atom is -0.311 e. The van der Waals surface area contributed by atoms with E-state index in [1.54, 1.807) is 5.57 Å². The molecule has 0 saturated heterocycles. The van der Waals surface area contributed by atoms with Gasteiger partial charge in [-0.25, -0.2) is 0 Å². The summed E-state index contributed by atoms with van der Waals surface area (Å²) in [6.07, 6.45) is 7.71. The third-order valence-electron chi connectivity index (χ3n) is 4.04. The molecule has 0 bridgehead atoms. The van der Waals surface area contributed by atoms with Crippen LogP contribution in [0.1, 0.15) is 60.3 Å². The molecule has 0 heterocycles. The predicted octanol–water partition coefficient (Wildman–Crippen LogP) is 4.15. The average molecular weight is 223 g/mol. The van der Waals surface area contributed by atoms with Gasteiger partial charge < -0.3 is 5.32 Å². The maximum Gasteiger partial charge on any atom is 0.0282 e. The number of allylic oxidation sites excluding steroid dienone is 1. The highest BCUT2D eigenvalue weighted by Gasteiger charge is 2.25. The maximum absolute atomic E-state index is 3.66. The summed E-state index contributed by atoms with van der Waals surface area (Å²) >= 11 is 0. The minimum atomic E-state index is 0.423. The second kappa shape index (κ2) is 5.86. The van der Waals surface area contributed by atoms with E-state index in [0.29, 0.717) is 11.5 Å². The molecule has 0 spiro atoms. The van der Waals surface area contributed by atoms with Crippen LogP contribution in [-0.2, 0) is 0 Å². The average Bonchev–Trinajstić information content (AvgIpc) is 2.68. The number of likely N-dealkylation sites (N-methyl/N-ethyl adjacent to an activating group) is 1. The van der Waals surface area contributed by atoms with Crippen LogP contribution in [0.2, 0.25) is 0 Å². The molecule has 1 aliphatic carbocycles. The number of hydrogen-bond donors (Lipinski definition) is 1. The van der Waals surface area contributed by atoms with Crippen LogP contribution in [0, 0.1) is 11.3 Å². The van der Waals surface area contributed by atoms with Crippen molar-refractivity contribution in [3.05, 3.63) is 11.6 Å². The molecule has 1 rings (SSSR count). The highest BCUT2D eigenvalue weighted by Crippen LogP contribution is 2.32. The lowest BCUT2D eigenvalue weighted by atomic mass is 9.77. The van der Waals surface area contributed by atoms with Crippen LogP contribution in [0.5, 0.6) is 0 Å². The molecule has 2 atom stereocenters. The number of rotatable bonds is 5. The standard InChI is InChI=1S/C15H29N/c1-6-16-14(13-9-7-8-10-13)11-12(2)15(3,4)5/h9,12,14,16H,6-8,10-11H2,1-5H3. The van der Waals surface area contributed by atoms with E-state index >= 15 is 0 Å². The largest absolute Gasteiger partial charge is 0.311 e. The third kappa shape index (κ3) is 3.93. The van der Waals surface area contributed by atoms with Gasteiger partial charge in [0.25, 0.3) is 0 Å². The molecule has 16 heavy (non-hydrogen) atoms. The van der Waals surface area contributed by atoms with Gasteiger partial charge in [-0.05, 0) is 43.6 Å². The van der Waals surface area contributed by atoms with E-state index in [1.165, 1.54) is 25.7 Å². The lowest BCUT2D eigenvalue weighted by Gasteiger charge is -2.31. The van der Waals surface area contributed by atoms with Gasteiger partial charge >= 0.3 is 0 Å². The van der Waals surface area contributed by atoms with Crippen molar-refractivity contribution in [3.63, 3.8) is 0 Å². The van der Waals surface area contributed by atoms with Crippen molar-refractivity contribution in [2.75, 3.05) is 6.54 Å². The zero-order valence-electron chi connectivity index (χ0n) is 11.8. The Balaban J connectivity index is 2.57. The van der Waals surface area contributed by atoms with Crippen LogP contribution < -0.4 is 5.32 Å². The van der Waals surface area contributed by atoms with Gasteiger partial charge in [-0.3, -0.25) is 0 Å². The second-order valence-electron chi connectivity index (χ2n) is 6.28. The normalized spacial score (nSPS) is 20.7. The van der Waals surface area contributed by atoms with E-state index in [4.69, 9.17) is 0 Å². The molecule has 0 saturated carbocycles. The second-order valence-corrected chi connectivity index (χ2v) is 6.28. The highest BCUT2D eigenvalue weighted by molar-refractivity contribution is 5.15. The van der Waals surface area contributed by atoms with Gasteiger partial charge in [-0.2, -0.15) is 0 Å². The molecule has 1 heteroatoms. The topological polar surface area (TPSA) is 12.0 Å². The van der Waals surface area contributed by atoms with Crippen molar-refractivity contribution in [2.24, 2.45) is 11.3 Å². The fourth-order valence-electron chi connectivity index (χ4n) is 2.33. The van der Waals surface area contributed by atoms with E-state index in [-0.39, 0.29) is 0 Å². The first kappa shape index (κ1) is 13.8. The molecule has 0 radical (unpaired) electrons. The van der Waals surface area contributed by atoms with E-state index in [0.717, 1.165) is 12.5 Å². The summed E-state index contributed by atoms with van der Waals surface area (Å²) in [4.78, 5) is 0. The molecule has 1 nitrogen and oxygen atoms in total. The summed E-state index contributed by atoms with van der Waals surface area (Å²) in [6, 6.07) is 0.627. The summed E-state index contributed by atoms with van der Waals surface area (Å²) in [6.45, 7) is 12.7. The van der Waals surface area contributed by atoms with Crippen LogP contribution in [0.3, 0.4) is 0 Å². The molecule has 1 N–H and O–H groups in total. The van der Waals surface area contributed by atoms with Crippen molar-refractivity contribution >= 4 is 0 Å². The van der Waals surface area contributed by atoms with Gasteiger partial charge in [0.15, 0.2) is 0 Å².